The van der Waals surface area contributed by atoms with Crippen LogP contribution in [0.25, 0.3) is 0 Å². The molecule has 0 spiro atoms. The molecule has 0 saturated carbocycles. The smallest absolute Gasteiger partial charge is 0.303 e. The molecule has 78 valence electrons. The Morgan fingerprint density at radius 2 is 2.14 bits per heavy atom. The van der Waals surface area contributed by atoms with Crippen LogP contribution in [-0.4, -0.2) is 24.0 Å². The average Bonchev–Trinajstić information content (AvgIpc) is 2.70. The van der Waals surface area contributed by atoms with E-state index in [1.165, 1.54) is 11.3 Å². The molecule has 1 aromatic heterocycles. The van der Waals surface area contributed by atoms with E-state index in [1.54, 1.807) is 20.0 Å². The van der Waals surface area contributed by atoms with Crippen molar-refractivity contribution in [1.82, 2.24) is 5.32 Å². The van der Waals surface area contributed by atoms with E-state index in [9.17, 15) is 9.59 Å². The van der Waals surface area contributed by atoms with Crippen LogP contribution < -0.4 is 5.32 Å². The van der Waals surface area contributed by atoms with Crippen LogP contribution in [0.15, 0.2) is 17.5 Å². The molecule has 14 heavy (non-hydrogen) atoms. The third-order valence-electron chi connectivity index (χ3n) is 1.27. The summed E-state index contributed by atoms with van der Waals surface area (Å²) in [6.45, 7) is 1.60. The Bertz CT molecular complexity index is 282. The number of carbonyl (C=O) groups is 2. The fraction of sp³-hybridized carbons (Fsp3) is 0.333. The molecular weight excluding hydrogens is 202 g/mol. The van der Waals surface area contributed by atoms with Crippen molar-refractivity contribution < 1.29 is 14.7 Å². The molecule has 0 bridgehead atoms. The average molecular weight is 215 g/mol. The van der Waals surface area contributed by atoms with Gasteiger partial charge in [0.1, 0.15) is 0 Å². The van der Waals surface area contributed by atoms with Crippen LogP contribution in [0.3, 0.4) is 0 Å². The van der Waals surface area contributed by atoms with E-state index in [-0.39, 0.29) is 12.3 Å². The minimum Gasteiger partial charge on any atom is -0.481 e. The highest BCUT2D eigenvalue weighted by Gasteiger charge is 2.00. The van der Waals surface area contributed by atoms with Gasteiger partial charge in [-0.3, -0.25) is 9.59 Å². The van der Waals surface area contributed by atoms with Crippen molar-refractivity contribution in [1.29, 1.82) is 0 Å². The summed E-state index contributed by atoms with van der Waals surface area (Å²) < 4.78 is 0. The van der Waals surface area contributed by atoms with Gasteiger partial charge in [-0.1, -0.05) is 13.0 Å². The molecule has 0 atom stereocenters. The lowest BCUT2D eigenvalue weighted by Gasteiger charge is -1.90. The highest BCUT2D eigenvalue weighted by atomic mass is 32.1. The van der Waals surface area contributed by atoms with Crippen molar-refractivity contribution in [3.63, 3.8) is 0 Å². The quantitative estimate of drug-likeness (QED) is 0.787. The first-order chi connectivity index (χ1) is 6.61. The first-order valence-electron chi connectivity index (χ1n) is 4.09. The highest BCUT2D eigenvalue weighted by Crippen LogP contribution is 2.06. The SMILES string of the molecule is CCC(=O)O.CNC(=O)c1cccs1. The fourth-order valence-corrected chi connectivity index (χ4v) is 1.20. The number of nitrogens with one attached hydrogen (secondary N) is 1. The summed E-state index contributed by atoms with van der Waals surface area (Å²) in [5.41, 5.74) is 0. The van der Waals surface area contributed by atoms with E-state index in [4.69, 9.17) is 5.11 Å². The molecule has 0 aliphatic heterocycles. The van der Waals surface area contributed by atoms with Gasteiger partial charge in [0, 0.05) is 13.5 Å². The zero-order chi connectivity index (χ0) is 11.0. The minimum atomic E-state index is -0.745. The van der Waals surface area contributed by atoms with Crippen LogP contribution in [0.5, 0.6) is 0 Å². The van der Waals surface area contributed by atoms with E-state index in [2.05, 4.69) is 5.32 Å². The number of hydrogen-bond acceptors (Lipinski definition) is 3. The molecular formula is C9H13NO3S. The van der Waals surface area contributed by atoms with Gasteiger partial charge in [-0.05, 0) is 11.4 Å². The molecule has 0 aliphatic rings. The van der Waals surface area contributed by atoms with Gasteiger partial charge >= 0.3 is 5.97 Å². The minimum absolute atomic E-state index is 0.00926. The first kappa shape index (κ1) is 12.6. The monoisotopic (exact) mass is 215 g/mol. The normalized spacial score (nSPS) is 8.43. The molecule has 0 unspecified atom stereocenters. The number of rotatable bonds is 2. The summed E-state index contributed by atoms with van der Waals surface area (Å²) in [4.78, 5) is 20.9. The van der Waals surface area contributed by atoms with Gasteiger partial charge in [0.25, 0.3) is 5.91 Å². The topological polar surface area (TPSA) is 66.4 Å². The van der Waals surface area contributed by atoms with Gasteiger partial charge in [0.2, 0.25) is 0 Å². The first-order valence-corrected chi connectivity index (χ1v) is 4.97. The Balaban J connectivity index is 0.000000292. The van der Waals surface area contributed by atoms with E-state index >= 15 is 0 Å². The summed E-state index contributed by atoms with van der Waals surface area (Å²) in [5.74, 6) is -0.755. The lowest BCUT2D eigenvalue weighted by molar-refractivity contribution is -0.136. The molecule has 4 nitrogen and oxygen atoms in total. The lowest BCUT2D eigenvalue weighted by atomic mass is 10.4. The standard InChI is InChI=1S/C6H7NOS.C3H6O2/c1-7-6(8)5-3-2-4-9-5;1-2-3(4)5/h2-4H,1H3,(H,7,8);2H2,1H3,(H,4,5). The number of thiophene rings is 1. The number of amides is 1. The molecule has 1 aromatic rings. The second kappa shape index (κ2) is 7.08. The predicted molar refractivity (Wildman–Crippen MR) is 55.6 cm³/mol. The van der Waals surface area contributed by atoms with E-state index in [1.807, 2.05) is 11.4 Å². The lowest BCUT2D eigenvalue weighted by Crippen LogP contribution is -2.15. The summed E-state index contributed by atoms with van der Waals surface area (Å²) in [5, 5.41) is 12.1. The van der Waals surface area contributed by atoms with Crippen molar-refractivity contribution in [3.8, 4) is 0 Å². The van der Waals surface area contributed by atoms with Crippen LogP contribution in [0.1, 0.15) is 23.0 Å². The van der Waals surface area contributed by atoms with E-state index < -0.39 is 5.97 Å². The summed E-state index contributed by atoms with van der Waals surface area (Å²) in [6, 6.07) is 3.65. The third kappa shape index (κ3) is 5.31. The number of carboxylic acids is 1. The fourth-order valence-electron chi connectivity index (χ4n) is 0.531. The van der Waals surface area contributed by atoms with Crippen LogP contribution in [-0.2, 0) is 4.79 Å². The van der Waals surface area contributed by atoms with Crippen molar-refractivity contribution in [2.75, 3.05) is 7.05 Å². The molecule has 0 aromatic carbocycles. The third-order valence-corrected chi connectivity index (χ3v) is 2.14. The van der Waals surface area contributed by atoms with Crippen LogP contribution in [0.4, 0.5) is 0 Å². The zero-order valence-electron chi connectivity index (χ0n) is 8.11. The largest absolute Gasteiger partial charge is 0.481 e. The maximum absolute atomic E-state index is 10.8. The number of hydrogen-bond donors (Lipinski definition) is 2. The molecule has 0 radical (unpaired) electrons. The van der Waals surface area contributed by atoms with E-state index in [0.29, 0.717) is 0 Å². The van der Waals surface area contributed by atoms with E-state index in [0.717, 1.165) is 4.88 Å². The summed E-state index contributed by atoms with van der Waals surface area (Å²) in [7, 11) is 1.63. The molecule has 1 amide bonds. The zero-order valence-corrected chi connectivity index (χ0v) is 8.93. The van der Waals surface area contributed by atoms with Gasteiger partial charge in [0.05, 0.1) is 4.88 Å². The van der Waals surface area contributed by atoms with Gasteiger partial charge in [-0.15, -0.1) is 11.3 Å². The second-order valence-corrected chi connectivity index (χ2v) is 3.25. The summed E-state index contributed by atoms with van der Waals surface area (Å²) >= 11 is 1.44. The molecule has 5 heteroatoms. The maximum atomic E-state index is 10.8. The maximum Gasteiger partial charge on any atom is 0.303 e. The van der Waals surface area contributed by atoms with Crippen molar-refractivity contribution >= 4 is 23.2 Å². The predicted octanol–water partition coefficient (Wildman–Crippen LogP) is 1.59. The number of carboxylic acid groups (broad SMARTS) is 1. The molecule has 1 heterocycles. The molecule has 0 aliphatic carbocycles. The molecule has 0 saturated heterocycles. The summed E-state index contributed by atoms with van der Waals surface area (Å²) in [6.07, 6.45) is 0.222. The Labute approximate surface area is 86.6 Å². The highest BCUT2D eigenvalue weighted by molar-refractivity contribution is 7.12. The molecule has 0 fully saturated rings. The number of carbonyl (C=O) groups excluding carboxylic acids is 1. The molecule has 2 N–H and O–H groups in total. The van der Waals surface area contributed by atoms with Crippen molar-refractivity contribution in [3.05, 3.63) is 22.4 Å². The van der Waals surface area contributed by atoms with Crippen LogP contribution in [0, 0.1) is 0 Å². The Morgan fingerprint density at radius 3 is 2.43 bits per heavy atom. The van der Waals surface area contributed by atoms with Crippen LogP contribution in [0.2, 0.25) is 0 Å². The van der Waals surface area contributed by atoms with Crippen molar-refractivity contribution in [2.45, 2.75) is 13.3 Å². The van der Waals surface area contributed by atoms with Gasteiger partial charge in [0.15, 0.2) is 0 Å². The van der Waals surface area contributed by atoms with Gasteiger partial charge < -0.3 is 10.4 Å². The van der Waals surface area contributed by atoms with Gasteiger partial charge in [-0.2, -0.15) is 0 Å². The Morgan fingerprint density at radius 1 is 1.57 bits per heavy atom. The van der Waals surface area contributed by atoms with Gasteiger partial charge in [-0.25, -0.2) is 0 Å². The van der Waals surface area contributed by atoms with Crippen molar-refractivity contribution in [2.24, 2.45) is 0 Å². The Hall–Kier alpha value is -1.36. The molecule has 1 rings (SSSR count). The number of aliphatic carboxylic acids is 1. The Kier molecular flexibility index (Phi) is 6.39. The van der Waals surface area contributed by atoms with Crippen LogP contribution >= 0.6 is 11.3 Å². The second-order valence-electron chi connectivity index (χ2n) is 2.30.